The fraction of sp³-hybridized carbons (Fsp3) is 0.796. The summed E-state index contributed by atoms with van der Waals surface area (Å²) in [7, 11) is 0. The van der Waals surface area contributed by atoms with Crippen LogP contribution in [0.5, 0.6) is 0 Å². The van der Waals surface area contributed by atoms with E-state index in [4.69, 9.17) is 14.2 Å². The standard InChI is InChI=1S/C49H88O5/c1-4-7-10-13-16-18-20-22-23-24-25-26-27-29-30-32-34-36-39-42-48(50)53-46-47(45-52-44-41-38-15-12-9-6-3)54-49(51)43-40-37-35-33-31-28-21-19-17-14-11-8-5-2/h11,14,16,18-19,21-23,47H,4-10,12-13,15,17,20,24-46H2,1-3H3/b14-11-,18-16-,21-19-,23-22-. The van der Waals surface area contributed by atoms with Gasteiger partial charge >= 0.3 is 11.9 Å². The highest BCUT2D eigenvalue weighted by Gasteiger charge is 2.17. The van der Waals surface area contributed by atoms with Crippen LogP contribution in [0, 0.1) is 0 Å². The van der Waals surface area contributed by atoms with E-state index in [9.17, 15) is 9.59 Å². The predicted octanol–water partition coefficient (Wildman–Crippen LogP) is 15.2. The van der Waals surface area contributed by atoms with E-state index < -0.39 is 6.10 Å². The molecule has 0 heterocycles. The first kappa shape index (κ1) is 51.9. The summed E-state index contributed by atoms with van der Waals surface area (Å²) < 4.78 is 17.2. The molecule has 0 rings (SSSR count). The molecule has 0 aromatic heterocycles. The molecular formula is C49H88O5. The van der Waals surface area contributed by atoms with Crippen molar-refractivity contribution >= 4 is 11.9 Å². The van der Waals surface area contributed by atoms with Gasteiger partial charge in [-0.2, -0.15) is 0 Å². The fourth-order valence-corrected chi connectivity index (χ4v) is 6.34. The zero-order valence-electron chi connectivity index (χ0n) is 36.0. The molecule has 0 aliphatic rings. The summed E-state index contributed by atoms with van der Waals surface area (Å²) in [6.07, 6.45) is 54.0. The normalized spacial score (nSPS) is 12.6. The average Bonchev–Trinajstić information content (AvgIpc) is 3.17. The van der Waals surface area contributed by atoms with Gasteiger partial charge in [-0.15, -0.1) is 0 Å². The minimum Gasteiger partial charge on any atom is -0.462 e. The molecule has 0 saturated carbocycles. The summed E-state index contributed by atoms with van der Waals surface area (Å²) >= 11 is 0. The second-order valence-electron chi connectivity index (χ2n) is 15.3. The number of hydrogen-bond acceptors (Lipinski definition) is 5. The van der Waals surface area contributed by atoms with Gasteiger partial charge in [0.15, 0.2) is 6.10 Å². The summed E-state index contributed by atoms with van der Waals surface area (Å²) in [5.41, 5.74) is 0. The Labute approximate surface area is 335 Å². The van der Waals surface area contributed by atoms with Gasteiger partial charge < -0.3 is 14.2 Å². The van der Waals surface area contributed by atoms with E-state index >= 15 is 0 Å². The van der Waals surface area contributed by atoms with Crippen LogP contribution < -0.4 is 0 Å². The first-order chi connectivity index (χ1) is 26.6. The van der Waals surface area contributed by atoms with Gasteiger partial charge in [0.25, 0.3) is 0 Å². The molecule has 314 valence electrons. The maximum atomic E-state index is 12.7. The third kappa shape index (κ3) is 42.6. The molecule has 0 bridgehead atoms. The molecule has 1 unspecified atom stereocenters. The van der Waals surface area contributed by atoms with Crippen molar-refractivity contribution in [2.75, 3.05) is 19.8 Å². The van der Waals surface area contributed by atoms with Crippen LogP contribution in [0.25, 0.3) is 0 Å². The first-order valence-electron chi connectivity index (χ1n) is 23.2. The molecule has 0 saturated heterocycles. The molecule has 0 fully saturated rings. The predicted molar refractivity (Wildman–Crippen MR) is 233 cm³/mol. The SMILES string of the molecule is CCC/C=C\C/C=C\CCCCCCCC(=O)OC(COCCCCCCCC)COC(=O)CCCCCCCCCCC/C=C\C/C=C\CCCCC. The monoisotopic (exact) mass is 757 g/mol. The van der Waals surface area contributed by atoms with Gasteiger partial charge in [0.2, 0.25) is 0 Å². The number of allylic oxidation sites excluding steroid dienone is 8. The minimum absolute atomic E-state index is 0.0783. The van der Waals surface area contributed by atoms with Crippen LogP contribution >= 0.6 is 0 Å². The van der Waals surface area contributed by atoms with E-state index in [0.29, 0.717) is 19.4 Å². The molecule has 0 N–H and O–H groups in total. The quantitative estimate of drug-likeness (QED) is 0.0353. The molecule has 0 amide bonds. The van der Waals surface area contributed by atoms with Crippen molar-refractivity contribution in [3.05, 3.63) is 48.6 Å². The van der Waals surface area contributed by atoms with Crippen LogP contribution in [-0.2, 0) is 23.8 Å². The maximum Gasteiger partial charge on any atom is 0.306 e. The second-order valence-corrected chi connectivity index (χ2v) is 15.3. The van der Waals surface area contributed by atoms with Crippen molar-refractivity contribution in [1.29, 1.82) is 0 Å². The largest absolute Gasteiger partial charge is 0.462 e. The molecule has 0 aliphatic carbocycles. The molecule has 0 spiro atoms. The van der Waals surface area contributed by atoms with E-state index in [-0.39, 0.29) is 25.2 Å². The second kappa shape index (κ2) is 45.3. The van der Waals surface area contributed by atoms with E-state index in [0.717, 1.165) is 64.2 Å². The van der Waals surface area contributed by atoms with Crippen LogP contribution in [0.15, 0.2) is 48.6 Å². The Morgan fingerprint density at radius 3 is 1.33 bits per heavy atom. The maximum absolute atomic E-state index is 12.7. The van der Waals surface area contributed by atoms with Crippen molar-refractivity contribution < 1.29 is 23.8 Å². The Kier molecular flexibility index (Phi) is 43.5. The third-order valence-electron chi connectivity index (χ3n) is 9.82. The summed E-state index contributed by atoms with van der Waals surface area (Å²) in [4.78, 5) is 25.2. The molecule has 1 atom stereocenters. The Balaban J connectivity index is 4.09. The Morgan fingerprint density at radius 2 is 0.815 bits per heavy atom. The van der Waals surface area contributed by atoms with E-state index in [1.165, 1.54) is 128 Å². The van der Waals surface area contributed by atoms with Crippen LogP contribution in [0.4, 0.5) is 0 Å². The molecule has 54 heavy (non-hydrogen) atoms. The highest BCUT2D eigenvalue weighted by Crippen LogP contribution is 2.14. The van der Waals surface area contributed by atoms with Gasteiger partial charge in [-0.1, -0.05) is 185 Å². The summed E-state index contributed by atoms with van der Waals surface area (Å²) in [6, 6.07) is 0. The molecule has 0 aromatic rings. The average molecular weight is 757 g/mol. The van der Waals surface area contributed by atoms with Crippen molar-refractivity contribution in [3.8, 4) is 0 Å². The lowest BCUT2D eigenvalue weighted by Crippen LogP contribution is -2.30. The summed E-state index contributed by atoms with van der Waals surface area (Å²) in [5.74, 6) is -0.418. The van der Waals surface area contributed by atoms with Crippen LogP contribution in [0.1, 0.15) is 226 Å². The van der Waals surface area contributed by atoms with Crippen molar-refractivity contribution in [2.45, 2.75) is 232 Å². The van der Waals surface area contributed by atoms with Crippen LogP contribution in [0.2, 0.25) is 0 Å². The van der Waals surface area contributed by atoms with Crippen LogP contribution in [0.3, 0.4) is 0 Å². The molecule has 0 aliphatic heterocycles. The van der Waals surface area contributed by atoms with Gasteiger partial charge in [0.05, 0.1) is 6.61 Å². The van der Waals surface area contributed by atoms with Gasteiger partial charge in [0, 0.05) is 19.4 Å². The Hall–Kier alpha value is -2.14. The number of carbonyl (C=O) groups is 2. The Morgan fingerprint density at radius 1 is 0.407 bits per heavy atom. The van der Waals surface area contributed by atoms with Gasteiger partial charge in [-0.3, -0.25) is 9.59 Å². The van der Waals surface area contributed by atoms with E-state index in [1.807, 2.05) is 0 Å². The number of ether oxygens (including phenoxy) is 3. The molecule has 0 radical (unpaired) electrons. The lowest BCUT2D eigenvalue weighted by Gasteiger charge is -2.18. The lowest BCUT2D eigenvalue weighted by molar-refractivity contribution is -0.163. The number of hydrogen-bond donors (Lipinski definition) is 0. The zero-order valence-corrected chi connectivity index (χ0v) is 36.0. The third-order valence-corrected chi connectivity index (χ3v) is 9.82. The smallest absolute Gasteiger partial charge is 0.306 e. The lowest BCUT2D eigenvalue weighted by atomic mass is 10.1. The molecular weight excluding hydrogens is 669 g/mol. The first-order valence-corrected chi connectivity index (χ1v) is 23.2. The van der Waals surface area contributed by atoms with Gasteiger partial charge in [0.1, 0.15) is 6.61 Å². The fourth-order valence-electron chi connectivity index (χ4n) is 6.34. The number of rotatable bonds is 42. The Bertz CT molecular complexity index is 904. The highest BCUT2D eigenvalue weighted by atomic mass is 16.6. The minimum atomic E-state index is -0.538. The van der Waals surface area contributed by atoms with Crippen molar-refractivity contribution in [3.63, 3.8) is 0 Å². The van der Waals surface area contributed by atoms with Gasteiger partial charge in [-0.05, 0) is 77.0 Å². The molecule has 5 heteroatoms. The summed E-state index contributed by atoms with van der Waals surface area (Å²) in [5, 5.41) is 0. The van der Waals surface area contributed by atoms with E-state index in [2.05, 4.69) is 69.4 Å². The number of carbonyl (C=O) groups excluding carboxylic acids is 2. The highest BCUT2D eigenvalue weighted by molar-refractivity contribution is 5.70. The zero-order chi connectivity index (χ0) is 39.3. The molecule has 5 nitrogen and oxygen atoms in total. The van der Waals surface area contributed by atoms with E-state index in [1.54, 1.807) is 0 Å². The molecule has 0 aromatic carbocycles. The summed E-state index contributed by atoms with van der Waals surface area (Å²) in [6.45, 7) is 7.69. The number of esters is 2. The number of unbranched alkanes of at least 4 members (excludes halogenated alkanes) is 23. The van der Waals surface area contributed by atoms with Gasteiger partial charge in [-0.25, -0.2) is 0 Å². The van der Waals surface area contributed by atoms with Crippen molar-refractivity contribution in [2.24, 2.45) is 0 Å². The topological polar surface area (TPSA) is 61.8 Å². The van der Waals surface area contributed by atoms with Crippen LogP contribution in [-0.4, -0.2) is 37.9 Å². The van der Waals surface area contributed by atoms with Crippen molar-refractivity contribution in [1.82, 2.24) is 0 Å².